The van der Waals surface area contributed by atoms with Gasteiger partial charge in [0.2, 0.25) is 11.5 Å². The molecule has 11 nitrogen and oxygen atoms in total. The third kappa shape index (κ3) is 11.4. The molecule has 0 fully saturated rings. The molecule has 0 spiro atoms. The van der Waals surface area contributed by atoms with Crippen molar-refractivity contribution >= 4 is 58.2 Å². The Bertz CT molecular complexity index is 1340. The average molecular weight is 720 g/mol. The minimum absolute atomic E-state index is 0. The maximum atomic E-state index is 7.30. The summed E-state index contributed by atoms with van der Waals surface area (Å²) in [4.78, 5) is 9.26. The zero-order valence-corrected chi connectivity index (χ0v) is 29.6. The van der Waals surface area contributed by atoms with Crippen LogP contribution in [0.15, 0.2) is 30.3 Å². The first kappa shape index (κ1) is 38.1. The molecule has 0 aliphatic carbocycles. The number of hydrogen-bond acceptors (Lipinski definition) is 11. The second-order valence-electron chi connectivity index (χ2n) is 9.56. The number of nitrogens with zero attached hydrogens (tertiary/aromatic N) is 2. The molecule has 0 bridgehead atoms. The molecule has 3 rings (SSSR count). The number of rotatable bonds is 18. The molecule has 0 radical (unpaired) electrons. The lowest BCUT2D eigenvalue weighted by Crippen LogP contribution is -2.05. The highest BCUT2D eigenvalue weighted by atomic mass is 79.9. The van der Waals surface area contributed by atoms with Gasteiger partial charge in [0.05, 0.1) is 60.7 Å². The van der Waals surface area contributed by atoms with E-state index < -0.39 is 0 Å². The molecule has 1 heterocycles. The van der Waals surface area contributed by atoms with Gasteiger partial charge in [-0.2, -0.15) is 9.97 Å². The van der Waals surface area contributed by atoms with E-state index in [9.17, 15) is 0 Å². The van der Waals surface area contributed by atoms with Crippen LogP contribution in [0.5, 0.6) is 40.5 Å². The van der Waals surface area contributed by atoms with Crippen LogP contribution in [-0.2, 0) is 0 Å². The third-order valence-electron chi connectivity index (χ3n) is 6.54. The Morgan fingerprint density at radius 2 is 1.09 bits per heavy atom. The fraction of sp³-hybridized carbons (Fsp3) is 0.364. The first-order valence-electron chi connectivity index (χ1n) is 14.3. The molecule has 0 aliphatic rings. The fourth-order valence-electron chi connectivity index (χ4n) is 4.36. The Balaban J connectivity index is 0.00000736. The van der Waals surface area contributed by atoms with Gasteiger partial charge in [0.15, 0.2) is 28.2 Å². The van der Waals surface area contributed by atoms with E-state index in [4.69, 9.17) is 44.3 Å². The molecule has 46 heavy (non-hydrogen) atoms. The molecule has 0 amide bonds. The zero-order valence-electron chi connectivity index (χ0n) is 27.1. The summed E-state index contributed by atoms with van der Waals surface area (Å²) in [6.45, 7) is 0.482. The summed E-state index contributed by atoms with van der Waals surface area (Å²) in [5, 5.41) is 7.46. The van der Waals surface area contributed by atoms with Crippen molar-refractivity contribution in [3.05, 3.63) is 52.8 Å². The van der Waals surface area contributed by atoms with Gasteiger partial charge in [-0.05, 0) is 66.5 Å². The lowest BCUT2D eigenvalue weighted by atomic mass is 10.1. The molecule has 3 N–H and O–H groups in total. The largest absolute Gasteiger partial charge is 0.493 e. The number of unbranched alkanes of at least 4 members (excludes halogenated alkanes) is 3. The van der Waals surface area contributed by atoms with E-state index in [0.29, 0.717) is 52.5 Å². The predicted molar refractivity (Wildman–Crippen MR) is 191 cm³/mol. The van der Waals surface area contributed by atoms with Gasteiger partial charge >= 0.3 is 6.01 Å². The number of thioether (sulfide) groups is 1. The number of hydrogen-bond donors (Lipinski definition) is 2. The summed E-state index contributed by atoms with van der Waals surface area (Å²) in [7, 11) is 9.46. The minimum atomic E-state index is 0. The van der Waals surface area contributed by atoms with Crippen LogP contribution in [-0.4, -0.2) is 70.2 Å². The van der Waals surface area contributed by atoms with Gasteiger partial charge in [0.25, 0.3) is 0 Å². The Hall–Kier alpha value is -4.10. The summed E-state index contributed by atoms with van der Waals surface area (Å²) >= 11 is 1.37. The molecule has 0 atom stereocenters. The van der Waals surface area contributed by atoms with Crippen LogP contribution in [0.3, 0.4) is 0 Å². The second-order valence-corrected chi connectivity index (χ2v) is 10.7. The molecule has 0 unspecified atom stereocenters. The molecular weight excluding hydrogens is 676 g/mol. The topological polar surface area (TPSA) is 140 Å². The van der Waals surface area contributed by atoms with E-state index in [1.54, 1.807) is 42.7 Å². The Labute approximate surface area is 285 Å². The van der Waals surface area contributed by atoms with Gasteiger partial charge in [0.1, 0.15) is 0 Å². The standard InChI is InChI=1S/C33H42N4O7S.BrH/c1-38-26-17-22(18-27(39-2)30(26)42-5)11-13-24-21-25(14-12-23-19-28(40-3)31(43-6)29(20-23)41-4)37-33(36-24)44-15-9-7-8-10-16-45-32(34)35;/h11-14,17-21H,7-10,15-16H2,1-6H3,(H3,34,35);1H/b13-11+,14-12+;. The normalized spacial score (nSPS) is 10.8. The first-order chi connectivity index (χ1) is 21.8. The van der Waals surface area contributed by atoms with Crippen LogP contribution in [0.2, 0.25) is 0 Å². The number of nitrogens with one attached hydrogen (secondary N) is 1. The molecule has 3 aromatic rings. The number of ether oxygens (including phenoxy) is 7. The number of aromatic nitrogens is 2. The maximum absolute atomic E-state index is 7.30. The highest BCUT2D eigenvalue weighted by Crippen LogP contribution is 2.39. The smallest absolute Gasteiger partial charge is 0.317 e. The van der Waals surface area contributed by atoms with Crippen LogP contribution < -0.4 is 38.9 Å². The summed E-state index contributed by atoms with van der Waals surface area (Å²) in [6, 6.07) is 9.57. The monoisotopic (exact) mass is 718 g/mol. The molecule has 0 saturated heterocycles. The van der Waals surface area contributed by atoms with Gasteiger partial charge in [-0.3, -0.25) is 5.41 Å². The number of methoxy groups -OCH3 is 6. The Morgan fingerprint density at radius 1 is 0.652 bits per heavy atom. The van der Waals surface area contributed by atoms with Crippen LogP contribution in [0.1, 0.15) is 48.2 Å². The number of halogens is 1. The molecule has 1 aromatic heterocycles. The van der Waals surface area contributed by atoms with Gasteiger partial charge in [-0.15, -0.1) is 17.0 Å². The molecule has 0 aliphatic heterocycles. The fourth-order valence-corrected chi connectivity index (χ4v) is 4.93. The van der Waals surface area contributed by atoms with Crippen LogP contribution in [0, 0.1) is 5.41 Å². The van der Waals surface area contributed by atoms with E-state index in [2.05, 4.69) is 9.97 Å². The van der Waals surface area contributed by atoms with Crippen LogP contribution in [0.25, 0.3) is 24.3 Å². The molecule has 2 aromatic carbocycles. The van der Waals surface area contributed by atoms with E-state index in [0.717, 1.165) is 42.6 Å². The van der Waals surface area contributed by atoms with Gasteiger partial charge in [-0.25, -0.2) is 0 Å². The predicted octanol–water partition coefficient (Wildman–Crippen LogP) is 7.01. The van der Waals surface area contributed by atoms with Gasteiger partial charge < -0.3 is 38.9 Å². The molecule has 250 valence electrons. The van der Waals surface area contributed by atoms with Crippen molar-refractivity contribution in [2.24, 2.45) is 5.73 Å². The molecule has 13 heteroatoms. The Kier molecular flexibility index (Phi) is 16.7. The summed E-state index contributed by atoms with van der Waals surface area (Å²) in [5.74, 6) is 4.10. The number of amidine groups is 1. The highest BCUT2D eigenvalue weighted by Gasteiger charge is 2.14. The van der Waals surface area contributed by atoms with E-state index in [-0.39, 0.29) is 28.2 Å². The number of benzene rings is 2. The lowest BCUT2D eigenvalue weighted by molar-refractivity contribution is 0.281. The van der Waals surface area contributed by atoms with Crippen molar-refractivity contribution in [1.82, 2.24) is 9.97 Å². The van der Waals surface area contributed by atoms with Crippen molar-refractivity contribution in [3.63, 3.8) is 0 Å². The highest BCUT2D eigenvalue weighted by molar-refractivity contribution is 8.93. The zero-order chi connectivity index (χ0) is 32.6. The maximum Gasteiger partial charge on any atom is 0.317 e. The summed E-state index contributed by atoms with van der Waals surface area (Å²) < 4.78 is 38.8. The number of nitrogens with two attached hydrogens (primary N) is 1. The van der Waals surface area contributed by atoms with Crippen LogP contribution >= 0.6 is 28.7 Å². The third-order valence-corrected chi connectivity index (χ3v) is 7.34. The first-order valence-corrected chi connectivity index (χ1v) is 15.3. The van der Waals surface area contributed by atoms with Crippen LogP contribution in [0.4, 0.5) is 0 Å². The summed E-state index contributed by atoms with van der Waals surface area (Å²) in [5.41, 5.74) is 8.38. The Morgan fingerprint density at radius 3 is 1.48 bits per heavy atom. The average Bonchev–Trinajstić information content (AvgIpc) is 3.06. The van der Waals surface area contributed by atoms with E-state index in [1.807, 2.05) is 54.6 Å². The quantitative estimate of drug-likeness (QED) is 0.0797. The summed E-state index contributed by atoms with van der Waals surface area (Å²) in [6.07, 6.45) is 11.4. The van der Waals surface area contributed by atoms with Crippen molar-refractivity contribution < 1.29 is 33.2 Å². The van der Waals surface area contributed by atoms with Crippen molar-refractivity contribution in [2.75, 3.05) is 55.0 Å². The molecular formula is C33H43BrN4O7S. The van der Waals surface area contributed by atoms with Gasteiger partial charge in [-0.1, -0.05) is 36.8 Å². The van der Waals surface area contributed by atoms with Crippen molar-refractivity contribution in [2.45, 2.75) is 25.7 Å². The van der Waals surface area contributed by atoms with E-state index in [1.165, 1.54) is 11.8 Å². The van der Waals surface area contributed by atoms with E-state index >= 15 is 0 Å². The minimum Gasteiger partial charge on any atom is -0.493 e. The van der Waals surface area contributed by atoms with Gasteiger partial charge in [0, 0.05) is 5.75 Å². The lowest BCUT2D eigenvalue weighted by Gasteiger charge is -2.13. The SMILES string of the molecule is Br.COc1cc(/C=C/c2cc(/C=C/c3cc(OC)c(OC)c(OC)c3)nc(OCCCCCCSC(=N)N)n2)cc(OC)c1OC. The molecule has 0 saturated carbocycles. The van der Waals surface area contributed by atoms with Crippen molar-refractivity contribution in [3.8, 4) is 40.5 Å². The second kappa shape index (κ2) is 20.1. The van der Waals surface area contributed by atoms with Crippen molar-refractivity contribution in [1.29, 1.82) is 5.41 Å².